The minimum absolute atomic E-state index is 0.0385. The van der Waals surface area contributed by atoms with Gasteiger partial charge in [0.05, 0.1) is 11.9 Å². The third-order valence-electron chi connectivity index (χ3n) is 6.66. The van der Waals surface area contributed by atoms with Crippen LogP contribution in [0.2, 0.25) is 10.0 Å². The lowest BCUT2D eigenvalue weighted by Crippen LogP contribution is -2.54. The van der Waals surface area contributed by atoms with E-state index in [0.717, 1.165) is 48.2 Å². The van der Waals surface area contributed by atoms with Gasteiger partial charge in [0.25, 0.3) is 0 Å². The van der Waals surface area contributed by atoms with Gasteiger partial charge in [0, 0.05) is 22.6 Å². The van der Waals surface area contributed by atoms with E-state index in [9.17, 15) is 18.0 Å². The van der Waals surface area contributed by atoms with E-state index in [-0.39, 0.29) is 18.5 Å². The van der Waals surface area contributed by atoms with Crippen molar-refractivity contribution in [2.24, 2.45) is 0 Å². The molecule has 10 heteroatoms. The number of nitrogens with one attached hydrogen (secondary N) is 1. The van der Waals surface area contributed by atoms with Crippen LogP contribution in [-0.2, 0) is 26.2 Å². The molecule has 7 nitrogen and oxygen atoms in total. The predicted octanol–water partition coefficient (Wildman–Crippen LogP) is 5.32. The summed E-state index contributed by atoms with van der Waals surface area (Å²) in [5.74, 6) is -0.738. The monoisotopic (exact) mass is 567 g/mol. The summed E-state index contributed by atoms with van der Waals surface area (Å²) in [6.45, 7) is 3.28. The van der Waals surface area contributed by atoms with Crippen molar-refractivity contribution in [2.45, 2.75) is 71.0 Å². The van der Waals surface area contributed by atoms with E-state index in [1.54, 1.807) is 36.4 Å². The molecule has 0 aromatic heterocycles. The van der Waals surface area contributed by atoms with Gasteiger partial charge in [0.1, 0.15) is 12.6 Å². The minimum Gasteiger partial charge on any atom is -0.352 e. The third kappa shape index (κ3) is 8.09. The molecule has 1 N–H and O–H groups in total. The van der Waals surface area contributed by atoms with Crippen LogP contribution in [0.15, 0.2) is 42.5 Å². The molecule has 2 aromatic rings. The highest BCUT2D eigenvalue weighted by Crippen LogP contribution is 2.25. The summed E-state index contributed by atoms with van der Waals surface area (Å²) in [6, 6.07) is 11.2. The fraction of sp³-hybridized carbons (Fsp3) is 0.481. The second kappa shape index (κ2) is 13.0. The molecule has 1 aliphatic carbocycles. The molecular weight excluding hydrogens is 533 g/mol. The Morgan fingerprint density at radius 1 is 1.08 bits per heavy atom. The van der Waals surface area contributed by atoms with Crippen LogP contribution < -0.4 is 9.62 Å². The van der Waals surface area contributed by atoms with Crippen LogP contribution in [0.5, 0.6) is 0 Å². The number of benzene rings is 2. The molecule has 37 heavy (non-hydrogen) atoms. The second-order valence-electron chi connectivity index (χ2n) is 9.63. The number of hydrogen-bond acceptors (Lipinski definition) is 4. The number of carbonyl (C=O) groups excluding carboxylic acids is 2. The lowest BCUT2D eigenvalue weighted by molar-refractivity contribution is -0.140. The maximum absolute atomic E-state index is 13.8. The van der Waals surface area contributed by atoms with Crippen molar-refractivity contribution in [1.29, 1.82) is 0 Å². The molecule has 3 rings (SSSR count). The lowest BCUT2D eigenvalue weighted by Gasteiger charge is -2.34. The maximum atomic E-state index is 13.8. The van der Waals surface area contributed by atoms with Crippen molar-refractivity contribution < 1.29 is 18.0 Å². The SMILES string of the molecule is CC[C@@H](C(=O)NC1CCCCC1)N(Cc1ccc(Cl)cc1Cl)C(=O)CN(c1cccc(C)c1)S(C)(=O)=O. The fourth-order valence-electron chi connectivity index (χ4n) is 4.69. The lowest BCUT2D eigenvalue weighted by atomic mass is 9.95. The van der Waals surface area contributed by atoms with Crippen LogP contribution in [0.1, 0.15) is 56.6 Å². The molecule has 0 bridgehead atoms. The zero-order valence-corrected chi connectivity index (χ0v) is 23.9. The van der Waals surface area contributed by atoms with E-state index in [1.165, 1.54) is 4.90 Å². The first kappa shape index (κ1) is 29.3. The van der Waals surface area contributed by atoms with Crippen LogP contribution in [0, 0.1) is 6.92 Å². The Labute approximate surface area is 230 Å². The number of halogens is 2. The normalized spacial score (nSPS) is 15.2. The zero-order chi connectivity index (χ0) is 27.2. The topological polar surface area (TPSA) is 86.8 Å². The van der Waals surface area contributed by atoms with Crippen LogP contribution in [0.25, 0.3) is 0 Å². The summed E-state index contributed by atoms with van der Waals surface area (Å²) >= 11 is 12.5. The van der Waals surface area contributed by atoms with Gasteiger partial charge in [-0.3, -0.25) is 13.9 Å². The third-order valence-corrected chi connectivity index (χ3v) is 8.39. The van der Waals surface area contributed by atoms with Gasteiger partial charge in [-0.15, -0.1) is 0 Å². The number of anilines is 1. The van der Waals surface area contributed by atoms with Gasteiger partial charge >= 0.3 is 0 Å². The molecule has 1 atom stereocenters. The molecule has 202 valence electrons. The summed E-state index contributed by atoms with van der Waals surface area (Å²) in [6.07, 6.45) is 6.52. The van der Waals surface area contributed by atoms with Crippen LogP contribution >= 0.6 is 23.2 Å². The van der Waals surface area contributed by atoms with Crippen molar-refractivity contribution in [3.63, 3.8) is 0 Å². The highest BCUT2D eigenvalue weighted by molar-refractivity contribution is 7.92. The molecule has 1 fully saturated rings. The first-order valence-electron chi connectivity index (χ1n) is 12.6. The summed E-state index contributed by atoms with van der Waals surface area (Å²) in [5, 5.41) is 3.94. The molecule has 2 amide bonds. The summed E-state index contributed by atoms with van der Waals surface area (Å²) < 4.78 is 26.5. The standard InChI is InChI=1S/C27H35Cl2N3O4S/c1-4-25(27(34)30-22-10-6-5-7-11-22)31(17-20-13-14-21(28)16-24(20)29)26(33)18-32(37(3,35)36)23-12-8-9-19(2)15-23/h8-9,12-16,22,25H,4-7,10-11,17-18H2,1-3H3,(H,30,34)/t25-/m0/s1. The quantitative estimate of drug-likeness (QED) is 0.420. The van der Waals surface area contributed by atoms with E-state index >= 15 is 0 Å². The number of nitrogens with zero attached hydrogens (tertiary/aromatic N) is 2. The predicted molar refractivity (Wildman–Crippen MR) is 149 cm³/mol. The average molecular weight is 569 g/mol. The zero-order valence-electron chi connectivity index (χ0n) is 21.5. The first-order valence-corrected chi connectivity index (χ1v) is 15.2. The van der Waals surface area contributed by atoms with Crippen molar-refractivity contribution >= 4 is 50.7 Å². The Bertz CT molecular complexity index is 1220. The number of sulfonamides is 1. The van der Waals surface area contributed by atoms with Crippen LogP contribution in [-0.4, -0.2) is 50.0 Å². The van der Waals surface area contributed by atoms with Crippen LogP contribution in [0.3, 0.4) is 0 Å². The Hall–Kier alpha value is -2.29. The molecule has 0 saturated heterocycles. The molecule has 1 saturated carbocycles. The van der Waals surface area contributed by atoms with Gasteiger partial charge in [-0.2, -0.15) is 0 Å². The van der Waals surface area contributed by atoms with Gasteiger partial charge in [-0.1, -0.05) is 67.6 Å². The molecule has 2 aromatic carbocycles. The largest absolute Gasteiger partial charge is 0.352 e. The fourth-order valence-corrected chi connectivity index (χ4v) is 6.00. The van der Waals surface area contributed by atoms with E-state index in [1.807, 2.05) is 19.9 Å². The minimum atomic E-state index is -3.78. The van der Waals surface area contributed by atoms with Crippen molar-refractivity contribution in [3.8, 4) is 0 Å². The van der Waals surface area contributed by atoms with Gasteiger partial charge in [0.2, 0.25) is 21.8 Å². The molecule has 0 unspecified atom stereocenters. The Morgan fingerprint density at radius 2 is 1.78 bits per heavy atom. The number of hydrogen-bond donors (Lipinski definition) is 1. The second-order valence-corrected chi connectivity index (χ2v) is 12.4. The molecule has 0 heterocycles. The van der Waals surface area contributed by atoms with Gasteiger partial charge in [-0.05, 0) is 61.6 Å². The molecular formula is C27H35Cl2N3O4S. The van der Waals surface area contributed by atoms with Crippen molar-refractivity contribution in [2.75, 3.05) is 17.1 Å². The van der Waals surface area contributed by atoms with E-state index < -0.39 is 28.5 Å². The highest BCUT2D eigenvalue weighted by atomic mass is 35.5. The Morgan fingerprint density at radius 3 is 2.38 bits per heavy atom. The number of rotatable bonds is 10. The van der Waals surface area contributed by atoms with Gasteiger partial charge in [-0.25, -0.2) is 8.42 Å². The maximum Gasteiger partial charge on any atom is 0.244 e. The Kier molecular flexibility index (Phi) is 10.3. The molecule has 0 radical (unpaired) electrons. The Balaban J connectivity index is 1.94. The van der Waals surface area contributed by atoms with Gasteiger partial charge < -0.3 is 10.2 Å². The van der Waals surface area contributed by atoms with Crippen LogP contribution in [0.4, 0.5) is 5.69 Å². The van der Waals surface area contributed by atoms with E-state index in [0.29, 0.717) is 27.7 Å². The van der Waals surface area contributed by atoms with Crippen molar-refractivity contribution in [1.82, 2.24) is 10.2 Å². The molecule has 0 spiro atoms. The summed E-state index contributed by atoms with van der Waals surface area (Å²) in [7, 11) is -3.78. The number of amides is 2. The van der Waals surface area contributed by atoms with E-state index in [4.69, 9.17) is 23.2 Å². The summed E-state index contributed by atoms with van der Waals surface area (Å²) in [4.78, 5) is 28.7. The summed E-state index contributed by atoms with van der Waals surface area (Å²) in [5.41, 5.74) is 1.87. The number of carbonyl (C=O) groups is 2. The van der Waals surface area contributed by atoms with Crippen molar-refractivity contribution in [3.05, 3.63) is 63.6 Å². The smallest absolute Gasteiger partial charge is 0.244 e. The first-order chi connectivity index (χ1) is 17.5. The van der Waals surface area contributed by atoms with E-state index in [2.05, 4.69) is 5.32 Å². The molecule has 1 aliphatic rings. The average Bonchev–Trinajstić information content (AvgIpc) is 2.83. The van der Waals surface area contributed by atoms with Gasteiger partial charge in [0.15, 0.2) is 0 Å². The molecule has 0 aliphatic heterocycles. The highest BCUT2D eigenvalue weighted by Gasteiger charge is 2.33. The number of aryl methyl sites for hydroxylation is 1.